The Balaban J connectivity index is 2.70. The molecule has 0 heterocycles. The van der Waals surface area contributed by atoms with E-state index in [9.17, 15) is 14.4 Å². The summed E-state index contributed by atoms with van der Waals surface area (Å²) in [7, 11) is 0. The number of carbonyl (C=O) groups excluding carboxylic acids is 3. The lowest BCUT2D eigenvalue weighted by Crippen LogP contribution is -2.52. The Hall–Kier alpha value is -2.61. The van der Waals surface area contributed by atoms with Crippen molar-refractivity contribution in [2.24, 2.45) is 0 Å². The van der Waals surface area contributed by atoms with E-state index >= 15 is 0 Å². The second kappa shape index (κ2) is 9.76. The van der Waals surface area contributed by atoms with E-state index in [-0.39, 0.29) is 6.54 Å². The van der Waals surface area contributed by atoms with E-state index in [4.69, 9.17) is 9.94 Å². The first-order valence-electron chi connectivity index (χ1n) is 8.47. The van der Waals surface area contributed by atoms with Gasteiger partial charge in [0.05, 0.1) is 6.54 Å². The van der Waals surface area contributed by atoms with Crippen LogP contribution in [0.4, 0.5) is 4.79 Å². The molecule has 3 amide bonds. The minimum Gasteiger partial charge on any atom is -0.444 e. The molecule has 144 valence electrons. The molecule has 1 atom stereocenters. The first-order valence-corrected chi connectivity index (χ1v) is 8.47. The van der Waals surface area contributed by atoms with Crippen LogP contribution in [0.3, 0.4) is 0 Å². The van der Waals surface area contributed by atoms with Crippen molar-refractivity contribution in [1.82, 2.24) is 16.1 Å². The zero-order valence-electron chi connectivity index (χ0n) is 15.6. The number of hydroxylamine groups is 1. The van der Waals surface area contributed by atoms with E-state index in [0.29, 0.717) is 5.56 Å². The quantitative estimate of drug-likeness (QED) is 0.434. The van der Waals surface area contributed by atoms with Crippen molar-refractivity contribution < 1.29 is 24.3 Å². The van der Waals surface area contributed by atoms with Crippen LogP contribution in [-0.2, 0) is 16.0 Å². The zero-order chi connectivity index (χ0) is 19.7. The van der Waals surface area contributed by atoms with Crippen LogP contribution in [0.1, 0.15) is 50.0 Å². The van der Waals surface area contributed by atoms with Crippen LogP contribution in [-0.4, -0.2) is 41.3 Å². The van der Waals surface area contributed by atoms with Crippen molar-refractivity contribution >= 4 is 17.9 Å². The maximum absolute atomic E-state index is 12.3. The van der Waals surface area contributed by atoms with Crippen molar-refractivity contribution in [1.29, 1.82) is 0 Å². The summed E-state index contributed by atoms with van der Waals surface area (Å²) < 4.78 is 5.07. The number of hydrogen-bond donors (Lipinski definition) is 4. The van der Waals surface area contributed by atoms with Gasteiger partial charge < -0.3 is 15.4 Å². The van der Waals surface area contributed by atoms with Gasteiger partial charge in [0.25, 0.3) is 11.8 Å². The fourth-order valence-electron chi connectivity index (χ4n) is 2.14. The summed E-state index contributed by atoms with van der Waals surface area (Å²) in [5.41, 5.74) is 2.27. The van der Waals surface area contributed by atoms with Crippen LogP contribution >= 0.6 is 0 Å². The van der Waals surface area contributed by atoms with Gasteiger partial charge in [-0.15, -0.1) is 0 Å². The summed E-state index contributed by atoms with van der Waals surface area (Å²) in [6, 6.07) is 5.86. The van der Waals surface area contributed by atoms with Gasteiger partial charge in [0.1, 0.15) is 11.6 Å². The van der Waals surface area contributed by atoms with Crippen LogP contribution in [0.15, 0.2) is 24.3 Å². The first kappa shape index (κ1) is 21.4. The fraction of sp³-hybridized carbons (Fsp3) is 0.500. The number of rotatable bonds is 7. The molecule has 1 aromatic rings. The molecule has 8 heteroatoms. The van der Waals surface area contributed by atoms with Crippen LogP contribution in [0.5, 0.6) is 0 Å². The molecule has 8 nitrogen and oxygen atoms in total. The van der Waals surface area contributed by atoms with E-state index in [0.717, 1.165) is 18.4 Å². The molecule has 0 spiro atoms. The molecule has 0 aromatic heterocycles. The Bertz CT molecular complexity index is 623. The number of carbonyl (C=O) groups is 3. The highest BCUT2D eigenvalue weighted by atomic mass is 16.6. The first-order chi connectivity index (χ1) is 12.2. The number of aryl methyl sites for hydroxylation is 1. The van der Waals surface area contributed by atoms with E-state index in [1.54, 1.807) is 32.9 Å². The molecule has 0 bridgehead atoms. The summed E-state index contributed by atoms with van der Waals surface area (Å²) in [5, 5.41) is 13.7. The molecular formula is C18H27N3O5. The minimum absolute atomic E-state index is 0.235. The van der Waals surface area contributed by atoms with E-state index in [2.05, 4.69) is 17.6 Å². The maximum atomic E-state index is 12.3. The SMILES string of the molecule is CCCc1ccc(C(=O)N[C@@H](CNC(=O)OC(C)(C)C)C(=O)NO)cc1. The van der Waals surface area contributed by atoms with Gasteiger partial charge in [-0.2, -0.15) is 0 Å². The number of hydrogen-bond acceptors (Lipinski definition) is 5. The molecule has 1 aromatic carbocycles. The van der Waals surface area contributed by atoms with Gasteiger partial charge in [-0.1, -0.05) is 25.5 Å². The topological polar surface area (TPSA) is 117 Å². The van der Waals surface area contributed by atoms with Crippen molar-refractivity contribution in [2.75, 3.05) is 6.54 Å². The lowest BCUT2D eigenvalue weighted by molar-refractivity contribution is -0.131. The van der Waals surface area contributed by atoms with Gasteiger partial charge >= 0.3 is 6.09 Å². The monoisotopic (exact) mass is 365 g/mol. The zero-order valence-corrected chi connectivity index (χ0v) is 15.6. The molecule has 4 N–H and O–H groups in total. The highest BCUT2D eigenvalue weighted by molar-refractivity contribution is 5.97. The smallest absolute Gasteiger partial charge is 0.407 e. The predicted molar refractivity (Wildman–Crippen MR) is 95.9 cm³/mol. The van der Waals surface area contributed by atoms with Crippen molar-refractivity contribution in [2.45, 2.75) is 52.2 Å². The highest BCUT2D eigenvalue weighted by Gasteiger charge is 2.23. The Kier molecular flexibility index (Phi) is 8.05. The third-order valence-electron chi connectivity index (χ3n) is 3.34. The van der Waals surface area contributed by atoms with Crippen LogP contribution < -0.4 is 16.1 Å². The number of amides is 3. The Morgan fingerprint density at radius 2 is 1.77 bits per heavy atom. The van der Waals surface area contributed by atoms with E-state index in [1.165, 1.54) is 5.48 Å². The molecule has 26 heavy (non-hydrogen) atoms. The molecule has 0 radical (unpaired) electrons. The average Bonchev–Trinajstić information content (AvgIpc) is 2.57. The summed E-state index contributed by atoms with van der Waals surface area (Å²) in [5.74, 6) is -1.34. The molecule has 0 saturated heterocycles. The minimum atomic E-state index is -1.16. The van der Waals surface area contributed by atoms with Gasteiger partial charge in [0.15, 0.2) is 0 Å². The molecule has 0 aliphatic heterocycles. The van der Waals surface area contributed by atoms with Gasteiger partial charge in [-0.25, -0.2) is 10.3 Å². The Labute approximate surface area is 153 Å². The number of alkyl carbamates (subject to hydrolysis) is 1. The molecule has 0 fully saturated rings. The van der Waals surface area contributed by atoms with Crippen molar-refractivity contribution in [3.05, 3.63) is 35.4 Å². The molecular weight excluding hydrogens is 338 g/mol. The maximum Gasteiger partial charge on any atom is 0.407 e. The lowest BCUT2D eigenvalue weighted by atomic mass is 10.1. The van der Waals surface area contributed by atoms with Gasteiger partial charge in [-0.3, -0.25) is 14.8 Å². The van der Waals surface area contributed by atoms with Gasteiger partial charge in [0, 0.05) is 5.56 Å². The number of nitrogens with one attached hydrogen (secondary N) is 3. The second-order valence-corrected chi connectivity index (χ2v) is 6.83. The van der Waals surface area contributed by atoms with Gasteiger partial charge in [0.2, 0.25) is 0 Å². The standard InChI is InChI=1S/C18H27N3O5/c1-5-6-12-7-9-13(10-8-12)15(22)20-14(16(23)21-25)11-19-17(24)26-18(2,3)4/h7-10,14,25H,5-6,11H2,1-4H3,(H,19,24)(H,20,22)(H,21,23)/t14-/m0/s1. The summed E-state index contributed by atoms with van der Waals surface area (Å²) in [4.78, 5) is 35.7. The molecule has 1 rings (SSSR count). The van der Waals surface area contributed by atoms with Crippen molar-refractivity contribution in [3.8, 4) is 0 Å². The Morgan fingerprint density at radius 1 is 1.15 bits per heavy atom. The lowest BCUT2D eigenvalue weighted by Gasteiger charge is -2.22. The normalized spacial score (nSPS) is 12.0. The fourth-order valence-corrected chi connectivity index (χ4v) is 2.14. The van der Waals surface area contributed by atoms with Crippen molar-refractivity contribution in [3.63, 3.8) is 0 Å². The van der Waals surface area contributed by atoms with Crippen LogP contribution in [0, 0.1) is 0 Å². The summed E-state index contributed by atoms with van der Waals surface area (Å²) >= 11 is 0. The third-order valence-corrected chi connectivity index (χ3v) is 3.34. The third kappa shape index (κ3) is 7.52. The molecule has 0 saturated carbocycles. The highest BCUT2D eigenvalue weighted by Crippen LogP contribution is 2.08. The molecule has 0 aliphatic rings. The molecule has 0 aliphatic carbocycles. The van der Waals surface area contributed by atoms with Crippen LogP contribution in [0.2, 0.25) is 0 Å². The number of ether oxygens (including phenoxy) is 1. The molecule has 0 unspecified atom stereocenters. The number of benzene rings is 1. The van der Waals surface area contributed by atoms with E-state index < -0.39 is 29.6 Å². The van der Waals surface area contributed by atoms with Crippen LogP contribution in [0.25, 0.3) is 0 Å². The van der Waals surface area contributed by atoms with Gasteiger partial charge in [-0.05, 0) is 44.9 Å². The Morgan fingerprint density at radius 3 is 2.27 bits per heavy atom. The predicted octanol–water partition coefficient (Wildman–Crippen LogP) is 1.77. The summed E-state index contributed by atoms with van der Waals surface area (Å²) in [6.45, 7) is 6.94. The largest absolute Gasteiger partial charge is 0.444 e. The van der Waals surface area contributed by atoms with E-state index in [1.807, 2.05) is 12.1 Å². The second-order valence-electron chi connectivity index (χ2n) is 6.83. The average molecular weight is 365 g/mol. The summed E-state index contributed by atoms with van der Waals surface area (Å²) in [6.07, 6.45) is 1.18.